The van der Waals surface area contributed by atoms with Gasteiger partial charge in [-0.1, -0.05) is 6.07 Å². The lowest BCUT2D eigenvalue weighted by molar-refractivity contribution is -0.141. The SMILES string of the molecule is COc1cc(C[C@H](NC(C)=O)C(=O)O)ccc1O. The molecule has 0 fully saturated rings. The summed E-state index contributed by atoms with van der Waals surface area (Å²) in [6.45, 7) is 1.26. The van der Waals surface area contributed by atoms with Gasteiger partial charge < -0.3 is 20.3 Å². The van der Waals surface area contributed by atoms with Crippen LogP contribution in [0.1, 0.15) is 12.5 Å². The number of benzene rings is 1. The first-order valence-electron chi connectivity index (χ1n) is 5.30. The number of rotatable bonds is 5. The van der Waals surface area contributed by atoms with Crippen LogP contribution < -0.4 is 10.1 Å². The summed E-state index contributed by atoms with van der Waals surface area (Å²) in [5, 5.41) is 20.7. The zero-order valence-corrected chi connectivity index (χ0v) is 10.1. The fourth-order valence-corrected chi connectivity index (χ4v) is 1.53. The zero-order valence-electron chi connectivity index (χ0n) is 10.1. The van der Waals surface area contributed by atoms with E-state index in [1.807, 2.05) is 0 Å². The second kappa shape index (κ2) is 5.90. The lowest BCUT2D eigenvalue weighted by Crippen LogP contribution is -2.41. The Hall–Kier alpha value is -2.24. The molecule has 0 radical (unpaired) electrons. The van der Waals surface area contributed by atoms with Crippen molar-refractivity contribution >= 4 is 11.9 Å². The van der Waals surface area contributed by atoms with E-state index >= 15 is 0 Å². The van der Waals surface area contributed by atoms with Gasteiger partial charge in [-0.05, 0) is 17.7 Å². The maximum Gasteiger partial charge on any atom is 0.326 e. The Kier molecular flexibility index (Phi) is 4.53. The predicted molar refractivity (Wildman–Crippen MR) is 63.6 cm³/mol. The fourth-order valence-electron chi connectivity index (χ4n) is 1.53. The van der Waals surface area contributed by atoms with Crippen LogP contribution in [-0.2, 0) is 16.0 Å². The summed E-state index contributed by atoms with van der Waals surface area (Å²) >= 11 is 0. The van der Waals surface area contributed by atoms with E-state index in [0.717, 1.165) is 0 Å². The number of phenols is 1. The molecule has 1 aromatic rings. The molecule has 1 rings (SSSR count). The van der Waals surface area contributed by atoms with Crippen molar-refractivity contribution < 1.29 is 24.5 Å². The molecular weight excluding hydrogens is 238 g/mol. The molecule has 0 unspecified atom stereocenters. The van der Waals surface area contributed by atoms with Gasteiger partial charge >= 0.3 is 5.97 Å². The number of hydrogen-bond donors (Lipinski definition) is 3. The van der Waals surface area contributed by atoms with E-state index in [2.05, 4.69) is 5.32 Å². The monoisotopic (exact) mass is 253 g/mol. The van der Waals surface area contributed by atoms with Gasteiger partial charge in [0.15, 0.2) is 11.5 Å². The van der Waals surface area contributed by atoms with E-state index < -0.39 is 17.9 Å². The van der Waals surface area contributed by atoms with Gasteiger partial charge in [0.25, 0.3) is 0 Å². The number of carboxylic acid groups (broad SMARTS) is 1. The second-order valence-corrected chi connectivity index (χ2v) is 3.80. The third-order valence-corrected chi connectivity index (χ3v) is 2.36. The Labute approximate surface area is 104 Å². The number of aliphatic carboxylic acids is 1. The molecule has 3 N–H and O–H groups in total. The van der Waals surface area contributed by atoms with E-state index in [9.17, 15) is 14.7 Å². The molecule has 1 amide bonds. The summed E-state index contributed by atoms with van der Waals surface area (Å²) in [5.74, 6) is -1.28. The number of nitrogens with one attached hydrogen (secondary N) is 1. The smallest absolute Gasteiger partial charge is 0.326 e. The number of methoxy groups -OCH3 is 1. The summed E-state index contributed by atoms with van der Waals surface area (Å²) < 4.78 is 4.92. The quantitative estimate of drug-likeness (QED) is 0.711. The topological polar surface area (TPSA) is 95.9 Å². The Balaban J connectivity index is 2.87. The highest BCUT2D eigenvalue weighted by molar-refractivity contribution is 5.82. The van der Waals surface area contributed by atoms with Crippen LogP contribution in [0.2, 0.25) is 0 Å². The lowest BCUT2D eigenvalue weighted by atomic mass is 10.1. The molecule has 0 aliphatic heterocycles. The van der Waals surface area contributed by atoms with Crippen LogP contribution in [0, 0.1) is 0 Å². The highest BCUT2D eigenvalue weighted by Gasteiger charge is 2.19. The Morgan fingerprint density at radius 3 is 2.61 bits per heavy atom. The minimum Gasteiger partial charge on any atom is -0.504 e. The van der Waals surface area contributed by atoms with Gasteiger partial charge in [0.2, 0.25) is 5.91 Å². The first kappa shape index (κ1) is 13.8. The van der Waals surface area contributed by atoms with Crippen LogP contribution in [0.15, 0.2) is 18.2 Å². The largest absolute Gasteiger partial charge is 0.504 e. The van der Waals surface area contributed by atoms with Crippen molar-refractivity contribution in [3.8, 4) is 11.5 Å². The summed E-state index contributed by atoms with van der Waals surface area (Å²) in [5.41, 5.74) is 0.644. The van der Waals surface area contributed by atoms with E-state index in [1.54, 1.807) is 6.07 Å². The van der Waals surface area contributed by atoms with Crippen LogP contribution in [0.25, 0.3) is 0 Å². The van der Waals surface area contributed by atoms with Crippen LogP contribution in [-0.4, -0.2) is 35.2 Å². The summed E-state index contributed by atoms with van der Waals surface area (Å²) in [4.78, 5) is 21.9. The van der Waals surface area contributed by atoms with Crippen LogP contribution in [0.5, 0.6) is 11.5 Å². The number of aromatic hydroxyl groups is 1. The van der Waals surface area contributed by atoms with Gasteiger partial charge in [-0.3, -0.25) is 4.79 Å². The average Bonchev–Trinajstić information content (AvgIpc) is 2.29. The number of carbonyl (C=O) groups is 2. The molecule has 0 aliphatic rings. The molecule has 1 aromatic carbocycles. The zero-order chi connectivity index (χ0) is 13.7. The number of hydrogen-bond acceptors (Lipinski definition) is 4. The first-order valence-corrected chi connectivity index (χ1v) is 5.30. The number of amides is 1. The standard InChI is InChI=1S/C12H15NO5/c1-7(14)13-9(12(16)17)5-8-3-4-10(15)11(6-8)18-2/h3-4,6,9,15H,5H2,1-2H3,(H,13,14)(H,16,17)/t9-/m0/s1. The van der Waals surface area contributed by atoms with E-state index in [4.69, 9.17) is 9.84 Å². The van der Waals surface area contributed by atoms with Gasteiger partial charge in [0.1, 0.15) is 6.04 Å². The first-order chi connectivity index (χ1) is 8.43. The van der Waals surface area contributed by atoms with Crippen molar-refractivity contribution in [2.45, 2.75) is 19.4 Å². The van der Waals surface area contributed by atoms with E-state index in [0.29, 0.717) is 5.56 Å². The highest BCUT2D eigenvalue weighted by atomic mass is 16.5. The number of phenolic OH excluding ortho intramolecular Hbond substituents is 1. The van der Waals surface area contributed by atoms with Crippen molar-refractivity contribution in [1.82, 2.24) is 5.32 Å². The molecule has 1 atom stereocenters. The number of ether oxygens (including phenoxy) is 1. The molecule has 0 bridgehead atoms. The van der Waals surface area contributed by atoms with Gasteiger partial charge in [-0.25, -0.2) is 4.79 Å². The molecule has 0 aliphatic carbocycles. The van der Waals surface area contributed by atoms with Gasteiger partial charge in [0, 0.05) is 13.3 Å². The van der Waals surface area contributed by atoms with E-state index in [1.165, 1.54) is 26.2 Å². The van der Waals surface area contributed by atoms with Crippen molar-refractivity contribution in [3.63, 3.8) is 0 Å². The Morgan fingerprint density at radius 2 is 2.11 bits per heavy atom. The van der Waals surface area contributed by atoms with Crippen LogP contribution in [0.3, 0.4) is 0 Å². The maximum absolute atomic E-state index is 11.0. The predicted octanol–water partition coefficient (Wildman–Crippen LogP) is 0.533. The molecule has 18 heavy (non-hydrogen) atoms. The van der Waals surface area contributed by atoms with Crippen molar-refractivity contribution in [1.29, 1.82) is 0 Å². The molecule has 6 heteroatoms. The maximum atomic E-state index is 11.0. The molecule has 98 valence electrons. The van der Waals surface area contributed by atoms with Crippen LogP contribution in [0.4, 0.5) is 0 Å². The van der Waals surface area contributed by atoms with Crippen molar-refractivity contribution in [3.05, 3.63) is 23.8 Å². The molecule has 6 nitrogen and oxygen atoms in total. The van der Waals surface area contributed by atoms with Gasteiger partial charge in [-0.2, -0.15) is 0 Å². The second-order valence-electron chi connectivity index (χ2n) is 3.80. The molecule has 0 saturated carbocycles. The van der Waals surface area contributed by atoms with Crippen molar-refractivity contribution in [2.24, 2.45) is 0 Å². The summed E-state index contributed by atoms with van der Waals surface area (Å²) in [7, 11) is 1.40. The molecule has 0 spiro atoms. The molecule has 0 aromatic heterocycles. The van der Waals surface area contributed by atoms with Crippen molar-refractivity contribution in [2.75, 3.05) is 7.11 Å². The Bertz CT molecular complexity index is 458. The van der Waals surface area contributed by atoms with Gasteiger partial charge in [-0.15, -0.1) is 0 Å². The van der Waals surface area contributed by atoms with Crippen LogP contribution >= 0.6 is 0 Å². The minimum absolute atomic E-state index is 0.0207. The normalized spacial score (nSPS) is 11.7. The van der Waals surface area contributed by atoms with E-state index in [-0.39, 0.29) is 17.9 Å². The third-order valence-electron chi connectivity index (χ3n) is 2.36. The van der Waals surface area contributed by atoms with Gasteiger partial charge in [0.05, 0.1) is 7.11 Å². The third kappa shape index (κ3) is 3.65. The summed E-state index contributed by atoms with van der Waals surface area (Å²) in [6, 6.07) is 3.53. The molecular formula is C12H15NO5. The number of carbonyl (C=O) groups excluding carboxylic acids is 1. The summed E-state index contributed by atoms with van der Waals surface area (Å²) in [6.07, 6.45) is 0.117. The Morgan fingerprint density at radius 1 is 1.44 bits per heavy atom. The fraction of sp³-hybridized carbons (Fsp3) is 0.333. The number of carboxylic acids is 1. The lowest BCUT2D eigenvalue weighted by Gasteiger charge is -2.14. The molecule has 0 heterocycles. The average molecular weight is 253 g/mol. The minimum atomic E-state index is -1.11. The highest BCUT2D eigenvalue weighted by Crippen LogP contribution is 2.26. The molecule has 0 saturated heterocycles.